The van der Waals surface area contributed by atoms with Gasteiger partial charge >= 0.3 is 11.8 Å². The Morgan fingerprint density at radius 3 is 2.30 bits per heavy atom. The van der Waals surface area contributed by atoms with Gasteiger partial charge in [-0.15, -0.1) is 0 Å². The van der Waals surface area contributed by atoms with Crippen molar-refractivity contribution in [2.75, 3.05) is 19.0 Å². The van der Waals surface area contributed by atoms with Crippen LogP contribution in [0.1, 0.15) is 89.7 Å². The van der Waals surface area contributed by atoms with Crippen LogP contribution >= 0.6 is 0 Å². The number of carbonyl (C=O) groups excluding carboxylic acids is 3. The number of oxime groups is 1. The summed E-state index contributed by atoms with van der Waals surface area (Å²) in [6, 6.07) is 0. The number of allylic oxidation sites excluding steroid dienone is 2. The van der Waals surface area contributed by atoms with Crippen LogP contribution in [-0.4, -0.2) is 93.3 Å². The number of rotatable bonds is 7. The fraction of sp³-hybridized carbons (Fsp3) is 0.524. The van der Waals surface area contributed by atoms with Crippen molar-refractivity contribution in [2.45, 2.75) is 105 Å². The number of carbonyl (C=O) groups is 3. The second kappa shape index (κ2) is 18.4. The van der Waals surface area contributed by atoms with Crippen LogP contribution in [0.3, 0.4) is 0 Å². The fourth-order valence-electron chi connectivity index (χ4n) is 7.22. The molecule has 0 saturated heterocycles. The van der Waals surface area contributed by atoms with Gasteiger partial charge in [-0.05, 0) is 26.3 Å². The Morgan fingerprint density at radius 1 is 0.982 bits per heavy atom. The number of ketones is 1. The lowest BCUT2D eigenvalue weighted by molar-refractivity contribution is -0.160. The molecule has 0 saturated carbocycles. The molecule has 3 aliphatic heterocycles. The number of fused-ring (bicyclic) bond motifs is 14. The standard InChI is InChI=1S/C42H56N2O13/c1-11-12-17-55-43-19-27-32-37(50)30-29(36(27)49)31-39(25(7)35(30)48)57-42(9,40(31)51)54-18-16-28(53-10)22(4)38(56-26(8)45)24(6)34(47)23(5)33(46)20(2)14-13-15-21(3)41(52)44-32/h13-16,18-20,22-24,28,33-34,38,46-50H,11-12,17H2,1-10H3,(H,44,52)/b14-13+,18-16+,21-15-,43-19+/t20-,22-,23-,24-,28+,33+,34-,38-,42+/m1/s1. The lowest BCUT2D eigenvalue weighted by atomic mass is 9.78. The van der Waals surface area contributed by atoms with Gasteiger partial charge in [-0.3, -0.25) is 14.4 Å². The number of nitrogens with one attached hydrogen (secondary N) is 1. The highest BCUT2D eigenvalue weighted by Gasteiger charge is 2.50. The molecule has 6 N–H and O–H groups in total. The normalized spacial score (nSPS) is 30.7. The van der Waals surface area contributed by atoms with Gasteiger partial charge in [-0.25, -0.2) is 0 Å². The van der Waals surface area contributed by atoms with E-state index in [2.05, 4.69) is 10.5 Å². The van der Waals surface area contributed by atoms with Crippen LogP contribution in [0.4, 0.5) is 5.69 Å². The van der Waals surface area contributed by atoms with Gasteiger partial charge in [0.1, 0.15) is 30.0 Å². The third kappa shape index (κ3) is 9.05. The topological polar surface area (TPSA) is 223 Å². The number of phenolic OH excluding ortho intramolecular Hbond substituents is 3. The molecule has 57 heavy (non-hydrogen) atoms. The first-order chi connectivity index (χ1) is 26.8. The molecule has 0 fully saturated rings. The summed E-state index contributed by atoms with van der Waals surface area (Å²) in [5, 5.41) is 63.8. The summed E-state index contributed by atoms with van der Waals surface area (Å²) < 4.78 is 23.5. The van der Waals surface area contributed by atoms with Crippen molar-refractivity contribution >= 4 is 40.3 Å². The molecule has 3 aliphatic rings. The number of amides is 1. The van der Waals surface area contributed by atoms with Crippen molar-refractivity contribution < 1.29 is 63.7 Å². The molecule has 15 nitrogen and oxygen atoms in total. The highest BCUT2D eigenvalue weighted by Crippen LogP contribution is 2.55. The molecule has 0 aliphatic carbocycles. The molecule has 0 radical (unpaired) electrons. The van der Waals surface area contributed by atoms with Crippen LogP contribution < -0.4 is 10.1 Å². The minimum absolute atomic E-state index is 0.0378. The van der Waals surface area contributed by atoms with E-state index in [9.17, 15) is 39.9 Å². The van der Waals surface area contributed by atoms with E-state index in [-0.39, 0.29) is 51.1 Å². The molecule has 0 unspecified atom stereocenters. The number of anilines is 1. The third-order valence-electron chi connectivity index (χ3n) is 10.9. The van der Waals surface area contributed by atoms with Crippen LogP contribution in [0.25, 0.3) is 10.8 Å². The highest BCUT2D eigenvalue weighted by atomic mass is 16.7. The number of hydrogen-bond donors (Lipinski definition) is 6. The molecule has 2 aromatic rings. The molecule has 1 amide bonds. The predicted octanol–water partition coefficient (Wildman–Crippen LogP) is 5.90. The number of Topliss-reactive ketones (excluding diaryl/α,β-unsaturated/α-hetero) is 1. The predicted molar refractivity (Wildman–Crippen MR) is 212 cm³/mol. The Bertz CT molecular complexity index is 1970. The van der Waals surface area contributed by atoms with Gasteiger partial charge in [0.05, 0.1) is 53.0 Å². The summed E-state index contributed by atoms with van der Waals surface area (Å²) in [5.41, 5.74) is -0.577. The molecule has 15 heteroatoms. The molecule has 5 rings (SSSR count). The molecule has 3 heterocycles. The molecule has 5 bridgehead atoms. The minimum atomic E-state index is -2.05. The van der Waals surface area contributed by atoms with Crippen LogP contribution in [0.5, 0.6) is 23.0 Å². The Morgan fingerprint density at radius 2 is 1.67 bits per heavy atom. The van der Waals surface area contributed by atoms with E-state index in [1.165, 1.54) is 53.2 Å². The van der Waals surface area contributed by atoms with Crippen molar-refractivity contribution in [3.8, 4) is 23.0 Å². The summed E-state index contributed by atoms with van der Waals surface area (Å²) in [6.07, 6.45) is 6.05. The average Bonchev–Trinajstić information content (AvgIpc) is 3.43. The molecule has 312 valence electrons. The van der Waals surface area contributed by atoms with Crippen LogP contribution in [0.2, 0.25) is 0 Å². The summed E-state index contributed by atoms with van der Waals surface area (Å²) >= 11 is 0. The van der Waals surface area contributed by atoms with E-state index in [0.29, 0.717) is 6.42 Å². The maximum Gasteiger partial charge on any atom is 0.312 e. The summed E-state index contributed by atoms with van der Waals surface area (Å²) in [7, 11) is 1.43. The number of ether oxygens (including phenoxy) is 4. The van der Waals surface area contributed by atoms with Crippen molar-refractivity contribution in [3.63, 3.8) is 0 Å². The van der Waals surface area contributed by atoms with Gasteiger partial charge in [0, 0.05) is 61.2 Å². The number of phenols is 3. The Balaban J connectivity index is 1.96. The number of nitrogens with zero attached hydrogens (tertiary/aromatic N) is 1. The number of aliphatic hydroxyl groups is 2. The smallest absolute Gasteiger partial charge is 0.312 e. The number of methoxy groups -OCH3 is 1. The zero-order chi connectivity index (χ0) is 42.5. The number of esters is 1. The monoisotopic (exact) mass is 796 g/mol. The largest absolute Gasteiger partial charge is 0.507 e. The quantitative estimate of drug-likeness (QED) is 0.0480. The van der Waals surface area contributed by atoms with E-state index in [1.54, 1.807) is 39.8 Å². The fourth-order valence-corrected chi connectivity index (χ4v) is 7.22. The average molecular weight is 797 g/mol. The second-order valence-corrected chi connectivity index (χ2v) is 15.0. The second-order valence-electron chi connectivity index (χ2n) is 15.0. The first kappa shape index (κ1) is 44.6. The maximum atomic E-state index is 14.3. The SMILES string of the molecule is CCCCO/N=C/c1c2c(O)c3c(O)c(C)c4c(c3c1O)C(=O)[C@@](C)(O/C=C/[C@H](OC)[C@@H](C)[C@@H](OC(C)=O)[C@H](C)[C@H](O)[C@H](C)[C@@H](O)[C@H](C)/C=C/C=C(/C)C(=O)N2)O4. The number of unbranched alkanes of at least 4 members (excludes halogenated alkanes) is 1. The van der Waals surface area contributed by atoms with Gasteiger partial charge in [0.25, 0.3) is 11.7 Å². The van der Waals surface area contributed by atoms with Crippen molar-refractivity contribution in [2.24, 2.45) is 28.8 Å². The first-order valence-electron chi connectivity index (χ1n) is 19.1. The van der Waals surface area contributed by atoms with Gasteiger partial charge in [-0.1, -0.05) is 64.4 Å². The van der Waals surface area contributed by atoms with E-state index >= 15 is 0 Å². The Labute approximate surface area is 332 Å². The molecular formula is C42H56N2O13. The van der Waals surface area contributed by atoms with E-state index < -0.39 is 88.8 Å². The Hall–Kier alpha value is -5.12. The van der Waals surface area contributed by atoms with Crippen LogP contribution in [0.15, 0.2) is 41.3 Å². The molecule has 2 aromatic carbocycles. The van der Waals surface area contributed by atoms with E-state index in [4.69, 9.17) is 23.8 Å². The van der Waals surface area contributed by atoms with Gasteiger partial charge < -0.3 is 54.6 Å². The molecule has 9 atom stereocenters. The minimum Gasteiger partial charge on any atom is -0.507 e. The number of benzene rings is 2. The zero-order valence-corrected chi connectivity index (χ0v) is 34.2. The van der Waals surface area contributed by atoms with E-state index in [0.717, 1.165) is 12.6 Å². The summed E-state index contributed by atoms with van der Waals surface area (Å²) in [6.45, 7) is 14.6. The molecular weight excluding hydrogens is 740 g/mol. The third-order valence-corrected chi connectivity index (χ3v) is 10.9. The number of aliphatic hydroxyl groups excluding tert-OH is 2. The van der Waals surface area contributed by atoms with Crippen LogP contribution in [0, 0.1) is 30.6 Å². The lowest BCUT2D eigenvalue weighted by Gasteiger charge is -2.38. The summed E-state index contributed by atoms with van der Waals surface area (Å²) in [4.78, 5) is 45.5. The maximum absolute atomic E-state index is 14.3. The van der Waals surface area contributed by atoms with Gasteiger partial charge in [-0.2, -0.15) is 0 Å². The van der Waals surface area contributed by atoms with Crippen LogP contribution in [-0.2, 0) is 28.6 Å². The van der Waals surface area contributed by atoms with Crippen molar-refractivity contribution in [1.82, 2.24) is 0 Å². The lowest BCUT2D eigenvalue weighted by Crippen LogP contribution is -2.46. The highest BCUT2D eigenvalue weighted by molar-refractivity contribution is 6.23. The van der Waals surface area contributed by atoms with Gasteiger partial charge in [0.2, 0.25) is 0 Å². The molecule has 0 spiro atoms. The number of hydrogen-bond acceptors (Lipinski definition) is 14. The Kier molecular flexibility index (Phi) is 14.4. The first-order valence-corrected chi connectivity index (χ1v) is 19.1. The summed E-state index contributed by atoms with van der Waals surface area (Å²) in [5.74, 6) is -8.58. The molecule has 0 aromatic heterocycles. The number of aromatic hydroxyl groups is 3. The van der Waals surface area contributed by atoms with Crippen molar-refractivity contribution in [3.05, 3.63) is 52.8 Å². The zero-order valence-electron chi connectivity index (χ0n) is 34.2. The van der Waals surface area contributed by atoms with Crippen molar-refractivity contribution in [1.29, 1.82) is 0 Å². The van der Waals surface area contributed by atoms with E-state index in [1.807, 2.05) is 6.92 Å². The van der Waals surface area contributed by atoms with Gasteiger partial charge in [0.15, 0.2) is 5.75 Å².